The lowest BCUT2D eigenvalue weighted by atomic mass is 10.2. The number of nitrogens with one attached hydrogen (secondary N) is 2. The van der Waals surface area contributed by atoms with Crippen LogP contribution in [0.3, 0.4) is 0 Å². The Labute approximate surface area is 63.4 Å². The van der Waals surface area contributed by atoms with Crippen molar-refractivity contribution in [3.8, 4) is 0 Å². The fourth-order valence-electron chi connectivity index (χ4n) is 1.19. The van der Waals surface area contributed by atoms with Crippen LogP contribution in [0.4, 0.5) is 0 Å². The summed E-state index contributed by atoms with van der Waals surface area (Å²) >= 11 is 0. The van der Waals surface area contributed by atoms with Gasteiger partial charge in [0.2, 0.25) is 0 Å². The average Bonchev–Trinajstić information content (AvgIpc) is 2.41. The summed E-state index contributed by atoms with van der Waals surface area (Å²) < 4.78 is 0. The fraction of sp³-hybridized carbons (Fsp3) is 1.00. The molecule has 0 aromatic carbocycles. The fourth-order valence-corrected chi connectivity index (χ4v) is 1.19. The Morgan fingerprint density at radius 1 is 1.40 bits per heavy atom. The van der Waals surface area contributed by atoms with Gasteiger partial charge in [-0.1, -0.05) is 13.8 Å². The molecule has 2 nitrogen and oxygen atoms in total. The maximum Gasteiger partial charge on any atom is 0.0125 e. The van der Waals surface area contributed by atoms with Crippen LogP contribution in [0.5, 0.6) is 0 Å². The van der Waals surface area contributed by atoms with Crippen LogP contribution in [0, 0.1) is 5.41 Å². The van der Waals surface area contributed by atoms with Crippen molar-refractivity contribution in [1.82, 2.24) is 10.6 Å². The van der Waals surface area contributed by atoms with Crippen LogP contribution in [0.2, 0.25) is 0 Å². The van der Waals surface area contributed by atoms with Gasteiger partial charge in [-0.3, -0.25) is 0 Å². The van der Waals surface area contributed by atoms with E-state index in [2.05, 4.69) is 24.5 Å². The van der Waals surface area contributed by atoms with Crippen molar-refractivity contribution >= 4 is 0 Å². The zero-order valence-electron chi connectivity index (χ0n) is 7.20. The van der Waals surface area contributed by atoms with Gasteiger partial charge >= 0.3 is 0 Å². The van der Waals surface area contributed by atoms with Crippen LogP contribution in [-0.2, 0) is 0 Å². The van der Waals surface area contributed by atoms with E-state index in [4.69, 9.17) is 0 Å². The van der Waals surface area contributed by atoms with Gasteiger partial charge in [-0.15, -0.1) is 0 Å². The van der Waals surface area contributed by atoms with Gasteiger partial charge in [0.05, 0.1) is 0 Å². The lowest BCUT2D eigenvalue weighted by Gasteiger charge is -2.04. The van der Waals surface area contributed by atoms with Gasteiger partial charge in [-0.2, -0.15) is 0 Å². The van der Waals surface area contributed by atoms with Gasteiger partial charge in [0, 0.05) is 19.1 Å². The average molecular weight is 142 g/mol. The molecule has 1 unspecified atom stereocenters. The Hall–Kier alpha value is -0.0800. The van der Waals surface area contributed by atoms with Crippen molar-refractivity contribution < 1.29 is 0 Å². The molecule has 1 aliphatic rings. The van der Waals surface area contributed by atoms with Crippen molar-refractivity contribution in [2.24, 2.45) is 5.41 Å². The standard InChI is InChI=1S/C8H18N2/c1-8(2)6-7(8)10-5-4-9-3/h7,9-10H,4-6H2,1-3H3. The minimum atomic E-state index is 0.577. The molecule has 1 saturated carbocycles. The summed E-state index contributed by atoms with van der Waals surface area (Å²) in [5.74, 6) is 0. The molecule has 0 saturated heterocycles. The van der Waals surface area contributed by atoms with E-state index >= 15 is 0 Å². The molecule has 0 aromatic rings. The van der Waals surface area contributed by atoms with Crippen molar-refractivity contribution in [2.45, 2.75) is 26.3 Å². The third kappa shape index (κ3) is 1.96. The molecule has 0 aromatic heterocycles. The smallest absolute Gasteiger partial charge is 0.0125 e. The van der Waals surface area contributed by atoms with Crippen LogP contribution in [-0.4, -0.2) is 26.2 Å². The predicted octanol–water partition coefficient (Wildman–Crippen LogP) is 0.594. The molecule has 2 heteroatoms. The SMILES string of the molecule is CNCCNC1CC1(C)C. The van der Waals surface area contributed by atoms with Crippen LogP contribution < -0.4 is 10.6 Å². The first-order valence-electron chi connectivity index (χ1n) is 4.05. The van der Waals surface area contributed by atoms with Crippen molar-refractivity contribution in [1.29, 1.82) is 0 Å². The highest BCUT2D eigenvalue weighted by molar-refractivity contribution is 5.01. The molecular weight excluding hydrogens is 124 g/mol. The Bertz CT molecular complexity index is 110. The molecule has 1 aliphatic carbocycles. The summed E-state index contributed by atoms with van der Waals surface area (Å²) in [7, 11) is 1.99. The molecule has 0 spiro atoms. The summed E-state index contributed by atoms with van der Waals surface area (Å²) in [6, 6.07) is 0.779. The second-order valence-electron chi connectivity index (χ2n) is 3.80. The second-order valence-corrected chi connectivity index (χ2v) is 3.80. The number of rotatable bonds is 4. The lowest BCUT2D eigenvalue weighted by Crippen LogP contribution is -2.28. The Balaban J connectivity index is 1.97. The van der Waals surface area contributed by atoms with Crippen molar-refractivity contribution in [3.05, 3.63) is 0 Å². The van der Waals surface area contributed by atoms with Gasteiger partial charge < -0.3 is 10.6 Å². The van der Waals surface area contributed by atoms with E-state index in [-0.39, 0.29) is 0 Å². The highest BCUT2D eigenvalue weighted by Gasteiger charge is 2.44. The third-order valence-electron chi connectivity index (χ3n) is 2.28. The molecule has 1 fully saturated rings. The van der Waals surface area contributed by atoms with E-state index in [0.29, 0.717) is 5.41 Å². The molecule has 2 N–H and O–H groups in total. The summed E-state index contributed by atoms with van der Waals surface area (Å²) in [6.45, 7) is 6.80. The number of hydrogen-bond donors (Lipinski definition) is 2. The lowest BCUT2D eigenvalue weighted by molar-refractivity contribution is 0.537. The summed E-state index contributed by atoms with van der Waals surface area (Å²) in [4.78, 5) is 0. The summed E-state index contributed by atoms with van der Waals surface area (Å²) in [5.41, 5.74) is 0.577. The zero-order valence-corrected chi connectivity index (χ0v) is 7.20. The maximum atomic E-state index is 3.49. The molecule has 0 heterocycles. The highest BCUT2D eigenvalue weighted by Crippen LogP contribution is 2.44. The Kier molecular flexibility index (Phi) is 2.32. The van der Waals surface area contributed by atoms with Gasteiger partial charge in [0.25, 0.3) is 0 Å². The predicted molar refractivity (Wildman–Crippen MR) is 44.1 cm³/mol. The monoisotopic (exact) mass is 142 g/mol. The van der Waals surface area contributed by atoms with Gasteiger partial charge in [0.15, 0.2) is 0 Å². The van der Waals surface area contributed by atoms with E-state index in [0.717, 1.165) is 19.1 Å². The van der Waals surface area contributed by atoms with E-state index in [9.17, 15) is 0 Å². The third-order valence-corrected chi connectivity index (χ3v) is 2.28. The van der Waals surface area contributed by atoms with Crippen molar-refractivity contribution in [3.63, 3.8) is 0 Å². The van der Waals surface area contributed by atoms with Gasteiger partial charge in [0.1, 0.15) is 0 Å². The molecule has 10 heavy (non-hydrogen) atoms. The zero-order chi connectivity index (χ0) is 7.61. The van der Waals surface area contributed by atoms with E-state index in [1.54, 1.807) is 0 Å². The quantitative estimate of drug-likeness (QED) is 0.561. The first-order valence-corrected chi connectivity index (χ1v) is 4.05. The molecule has 0 amide bonds. The molecule has 0 radical (unpaired) electrons. The Morgan fingerprint density at radius 2 is 2.00 bits per heavy atom. The summed E-state index contributed by atoms with van der Waals surface area (Å²) in [5, 5.41) is 6.60. The normalized spacial score (nSPS) is 28.5. The van der Waals surface area contributed by atoms with Gasteiger partial charge in [-0.25, -0.2) is 0 Å². The molecule has 0 bridgehead atoms. The van der Waals surface area contributed by atoms with E-state index in [1.807, 2.05) is 7.05 Å². The summed E-state index contributed by atoms with van der Waals surface area (Å²) in [6.07, 6.45) is 1.34. The van der Waals surface area contributed by atoms with Crippen LogP contribution in [0.15, 0.2) is 0 Å². The van der Waals surface area contributed by atoms with E-state index < -0.39 is 0 Å². The molecule has 1 atom stereocenters. The van der Waals surface area contributed by atoms with Crippen LogP contribution in [0.1, 0.15) is 20.3 Å². The first-order chi connectivity index (χ1) is 4.67. The number of hydrogen-bond acceptors (Lipinski definition) is 2. The topological polar surface area (TPSA) is 24.1 Å². The first kappa shape index (κ1) is 8.02. The van der Waals surface area contributed by atoms with Crippen LogP contribution in [0.25, 0.3) is 0 Å². The largest absolute Gasteiger partial charge is 0.318 e. The molecule has 0 aliphatic heterocycles. The van der Waals surface area contributed by atoms with Gasteiger partial charge in [-0.05, 0) is 18.9 Å². The Morgan fingerprint density at radius 3 is 2.40 bits per heavy atom. The van der Waals surface area contributed by atoms with E-state index in [1.165, 1.54) is 6.42 Å². The molecule has 1 rings (SSSR count). The van der Waals surface area contributed by atoms with Crippen LogP contribution >= 0.6 is 0 Å². The highest BCUT2D eigenvalue weighted by atomic mass is 15.0. The molecule has 60 valence electrons. The maximum absolute atomic E-state index is 3.49. The van der Waals surface area contributed by atoms with Crippen molar-refractivity contribution in [2.75, 3.05) is 20.1 Å². The number of likely N-dealkylation sites (N-methyl/N-ethyl adjacent to an activating group) is 1. The second kappa shape index (κ2) is 2.89. The minimum absolute atomic E-state index is 0.577. The minimum Gasteiger partial charge on any atom is -0.318 e. The molecular formula is C8H18N2.